The van der Waals surface area contributed by atoms with Crippen molar-refractivity contribution in [1.82, 2.24) is 4.57 Å². The van der Waals surface area contributed by atoms with Crippen LogP contribution in [0.3, 0.4) is 0 Å². The first-order chi connectivity index (χ1) is 8.58. The Morgan fingerprint density at radius 2 is 2.11 bits per heavy atom. The summed E-state index contributed by atoms with van der Waals surface area (Å²) in [5.41, 5.74) is 2.67. The Bertz CT molecular complexity index is 575. The third kappa shape index (κ3) is 2.74. The quantitative estimate of drug-likeness (QED) is 0.919. The molecule has 1 N–H and O–H groups in total. The molecule has 1 aromatic heterocycles. The van der Waals surface area contributed by atoms with Gasteiger partial charge in [0.1, 0.15) is 5.69 Å². The van der Waals surface area contributed by atoms with Crippen molar-refractivity contribution in [2.75, 3.05) is 0 Å². The predicted octanol–water partition coefficient (Wildman–Crippen LogP) is 3.39. The molecule has 0 saturated heterocycles. The molecule has 1 aromatic carbocycles. The van der Waals surface area contributed by atoms with Crippen LogP contribution in [0.2, 0.25) is 5.02 Å². The molecule has 0 aliphatic heterocycles. The van der Waals surface area contributed by atoms with Crippen LogP contribution in [0, 0.1) is 6.92 Å². The Labute approximate surface area is 111 Å². The van der Waals surface area contributed by atoms with Crippen LogP contribution in [0.1, 0.15) is 21.6 Å². The van der Waals surface area contributed by atoms with Gasteiger partial charge in [0.25, 0.3) is 0 Å². The number of aromatic carboxylic acids is 1. The largest absolute Gasteiger partial charge is 0.477 e. The first-order valence-corrected chi connectivity index (χ1v) is 6.09. The monoisotopic (exact) mass is 263 g/mol. The zero-order chi connectivity index (χ0) is 13.1. The number of nitrogens with zero attached hydrogens (tertiary/aromatic N) is 1. The Kier molecular flexibility index (Phi) is 3.72. The molecule has 0 bridgehead atoms. The lowest BCUT2D eigenvalue weighted by Gasteiger charge is -2.08. The lowest BCUT2D eigenvalue weighted by atomic mass is 10.1. The number of carboxylic acids is 1. The lowest BCUT2D eigenvalue weighted by molar-refractivity contribution is 0.0685. The number of carbonyl (C=O) groups is 1. The van der Waals surface area contributed by atoms with Gasteiger partial charge >= 0.3 is 5.97 Å². The molecule has 18 heavy (non-hydrogen) atoms. The van der Waals surface area contributed by atoms with Gasteiger partial charge in [-0.3, -0.25) is 0 Å². The molecular formula is C14H14ClNO2. The zero-order valence-corrected chi connectivity index (χ0v) is 10.8. The summed E-state index contributed by atoms with van der Waals surface area (Å²) < 4.78 is 1.68. The van der Waals surface area contributed by atoms with E-state index in [0.29, 0.717) is 11.6 Å². The van der Waals surface area contributed by atoms with Gasteiger partial charge < -0.3 is 9.67 Å². The van der Waals surface area contributed by atoms with Crippen LogP contribution in [0.25, 0.3) is 0 Å². The first-order valence-electron chi connectivity index (χ1n) is 5.71. The van der Waals surface area contributed by atoms with Gasteiger partial charge in [0, 0.05) is 12.7 Å². The van der Waals surface area contributed by atoms with E-state index in [-0.39, 0.29) is 5.69 Å². The van der Waals surface area contributed by atoms with Crippen LogP contribution < -0.4 is 0 Å². The van der Waals surface area contributed by atoms with E-state index in [4.69, 9.17) is 16.7 Å². The minimum atomic E-state index is -0.952. The molecule has 0 radical (unpaired) electrons. The molecule has 0 unspecified atom stereocenters. The van der Waals surface area contributed by atoms with E-state index in [0.717, 1.165) is 6.42 Å². The molecule has 3 nitrogen and oxygen atoms in total. The van der Waals surface area contributed by atoms with E-state index < -0.39 is 5.97 Å². The van der Waals surface area contributed by atoms with Gasteiger partial charge in [0.2, 0.25) is 0 Å². The summed E-state index contributed by atoms with van der Waals surface area (Å²) in [7, 11) is 0. The van der Waals surface area contributed by atoms with Crippen molar-refractivity contribution in [3.8, 4) is 0 Å². The van der Waals surface area contributed by atoms with E-state index in [1.165, 1.54) is 17.2 Å². The average Bonchev–Trinajstić information content (AvgIpc) is 2.70. The number of aromatic nitrogens is 1. The summed E-state index contributed by atoms with van der Waals surface area (Å²) in [5, 5.41) is 9.51. The maximum Gasteiger partial charge on any atom is 0.352 e. The van der Waals surface area contributed by atoms with E-state index in [1.807, 2.05) is 12.1 Å². The van der Waals surface area contributed by atoms with Crippen LogP contribution >= 0.6 is 11.6 Å². The molecule has 0 amide bonds. The molecule has 0 atom stereocenters. The number of halogens is 1. The fourth-order valence-corrected chi connectivity index (χ4v) is 2.19. The lowest BCUT2D eigenvalue weighted by Crippen LogP contribution is -2.09. The van der Waals surface area contributed by atoms with Crippen molar-refractivity contribution in [1.29, 1.82) is 0 Å². The highest BCUT2D eigenvalue weighted by Crippen LogP contribution is 2.16. The second kappa shape index (κ2) is 5.27. The standard InChI is InChI=1S/C14H14ClNO2/c1-10-4-2-3-5-11(10)6-7-16-9-12(15)8-13(16)14(17)18/h2-5,8-9H,6-7H2,1H3,(H,17,18). The molecule has 1 heterocycles. The first kappa shape index (κ1) is 12.7. The van der Waals surface area contributed by atoms with Gasteiger partial charge in [-0.1, -0.05) is 35.9 Å². The molecule has 0 aliphatic carbocycles. The molecule has 0 spiro atoms. The molecule has 0 aliphatic rings. The Morgan fingerprint density at radius 1 is 1.39 bits per heavy atom. The SMILES string of the molecule is Cc1ccccc1CCn1cc(Cl)cc1C(=O)O. The summed E-state index contributed by atoms with van der Waals surface area (Å²) in [5.74, 6) is -0.952. The number of rotatable bonds is 4. The maximum atomic E-state index is 11.0. The van der Waals surface area contributed by atoms with Crippen molar-refractivity contribution in [3.05, 3.63) is 58.4 Å². The van der Waals surface area contributed by atoms with Gasteiger partial charge in [-0.2, -0.15) is 0 Å². The van der Waals surface area contributed by atoms with Gasteiger partial charge in [-0.15, -0.1) is 0 Å². The molecule has 0 saturated carbocycles. The maximum absolute atomic E-state index is 11.0. The number of carboxylic acid groups (broad SMARTS) is 1. The van der Waals surface area contributed by atoms with Gasteiger partial charge in [0.05, 0.1) is 5.02 Å². The third-order valence-electron chi connectivity index (χ3n) is 2.97. The average molecular weight is 264 g/mol. The minimum absolute atomic E-state index is 0.230. The third-order valence-corrected chi connectivity index (χ3v) is 3.17. The number of benzene rings is 1. The van der Waals surface area contributed by atoms with Gasteiger partial charge in [0.15, 0.2) is 0 Å². The second-order valence-electron chi connectivity index (χ2n) is 4.22. The molecule has 4 heteroatoms. The van der Waals surface area contributed by atoms with Crippen LogP contribution in [0.15, 0.2) is 36.5 Å². The molecule has 0 fully saturated rings. The molecule has 2 aromatic rings. The van der Waals surface area contributed by atoms with Crippen molar-refractivity contribution in [2.45, 2.75) is 19.9 Å². The fourth-order valence-electron chi connectivity index (χ4n) is 1.97. The zero-order valence-electron chi connectivity index (χ0n) is 10.1. The fraction of sp³-hybridized carbons (Fsp3) is 0.214. The van der Waals surface area contributed by atoms with E-state index in [1.54, 1.807) is 10.8 Å². The van der Waals surface area contributed by atoms with E-state index in [9.17, 15) is 4.79 Å². The number of hydrogen-bond donors (Lipinski definition) is 1. The second-order valence-corrected chi connectivity index (χ2v) is 4.66. The van der Waals surface area contributed by atoms with Crippen molar-refractivity contribution in [2.24, 2.45) is 0 Å². The van der Waals surface area contributed by atoms with Gasteiger partial charge in [-0.25, -0.2) is 4.79 Å². The summed E-state index contributed by atoms with van der Waals surface area (Å²) in [6.45, 7) is 2.66. The minimum Gasteiger partial charge on any atom is -0.477 e. The molecule has 2 rings (SSSR count). The van der Waals surface area contributed by atoms with Crippen LogP contribution in [0.5, 0.6) is 0 Å². The van der Waals surface area contributed by atoms with Crippen LogP contribution in [0.4, 0.5) is 0 Å². The van der Waals surface area contributed by atoms with E-state index >= 15 is 0 Å². The summed E-state index contributed by atoms with van der Waals surface area (Å²) in [6, 6.07) is 9.57. The Morgan fingerprint density at radius 3 is 2.78 bits per heavy atom. The van der Waals surface area contributed by atoms with Crippen molar-refractivity contribution < 1.29 is 9.90 Å². The normalized spacial score (nSPS) is 10.6. The Balaban J connectivity index is 2.16. The topological polar surface area (TPSA) is 42.2 Å². The van der Waals surface area contributed by atoms with Gasteiger partial charge in [-0.05, 0) is 30.5 Å². The highest BCUT2D eigenvalue weighted by Gasteiger charge is 2.11. The highest BCUT2D eigenvalue weighted by atomic mass is 35.5. The number of aryl methyl sites for hydroxylation is 3. The van der Waals surface area contributed by atoms with E-state index in [2.05, 4.69) is 19.1 Å². The number of hydrogen-bond acceptors (Lipinski definition) is 1. The van der Waals surface area contributed by atoms with Crippen molar-refractivity contribution >= 4 is 17.6 Å². The van der Waals surface area contributed by atoms with Crippen LogP contribution in [-0.4, -0.2) is 15.6 Å². The van der Waals surface area contributed by atoms with Crippen LogP contribution in [-0.2, 0) is 13.0 Å². The Hall–Kier alpha value is -1.74. The summed E-state index contributed by atoms with van der Waals surface area (Å²) in [6.07, 6.45) is 2.45. The predicted molar refractivity (Wildman–Crippen MR) is 71.3 cm³/mol. The molecule has 94 valence electrons. The summed E-state index contributed by atoms with van der Waals surface area (Å²) in [4.78, 5) is 11.0. The highest BCUT2D eigenvalue weighted by molar-refractivity contribution is 6.30. The smallest absolute Gasteiger partial charge is 0.352 e. The summed E-state index contributed by atoms with van der Waals surface area (Å²) >= 11 is 5.84. The van der Waals surface area contributed by atoms with Crippen molar-refractivity contribution in [3.63, 3.8) is 0 Å². The molecular weight excluding hydrogens is 250 g/mol.